The van der Waals surface area contributed by atoms with E-state index in [4.69, 9.17) is 10.9 Å². The third kappa shape index (κ3) is 5.67. The van der Waals surface area contributed by atoms with Gasteiger partial charge in [-0.25, -0.2) is 0 Å². The molecule has 0 amide bonds. The minimum atomic E-state index is 0.0301. The molecule has 0 spiro atoms. The Morgan fingerprint density at radius 2 is 2.32 bits per heavy atom. The Hall–Kier alpha value is -1.66. The zero-order chi connectivity index (χ0) is 14.3. The van der Waals surface area contributed by atoms with Gasteiger partial charge in [-0.2, -0.15) is 0 Å². The Labute approximate surface area is 114 Å². The number of nitrogens with two attached hydrogens (primary N) is 1. The van der Waals surface area contributed by atoms with Crippen LogP contribution < -0.4 is 11.1 Å². The van der Waals surface area contributed by atoms with E-state index in [2.05, 4.69) is 41.4 Å². The van der Waals surface area contributed by atoms with Gasteiger partial charge in [-0.3, -0.25) is 4.98 Å². The van der Waals surface area contributed by atoms with Crippen LogP contribution in [0, 0.1) is 0 Å². The van der Waals surface area contributed by atoms with Gasteiger partial charge in [0.2, 0.25) is 0 Å². The van der Waals surface area contributed by atoms with Gasteiger partial charge in [0.15, 0.2) is 5.84 Å². The highest BCUT2D eigenvalue weighted by Crippen LogP contribution is 2.03. The van der Waals surface area contributed by atoms with E-state index in [1.807, 2.05) is 12.1 Å². The molecule has 106 valence electrons. The number of rotatable bonds is 7. The first kappa shape index (κ1) is 15.4. The van der Waals surface area contributed by atoms with Crippen molar-refractivity contribution in [2.75, 3.05) is 20.6 Å². The van der Waals surface area contributed by atoms with E-state index < -0.39 is 0 Å². The van der Waals surface area contributed by atoms with Crippen molar-refractivity contribution in [1.29, 1.82) is 0 Å². The molecule has 1 heterocycles. The van der Waals surface area contributed by atoms with Gasteiger partial charge in [0.05, 0.1) is 0 Å². The van der Waals surface area contributed by atoms with E-state index in [1.165, 1.54) is 0 Å². The van der Waals surface area contributed by atoms with E-state index in [0.29, 0.717) is 11.7 Å². The first-order valence-electron chi connectivity index (χ1n) is 6.34. The molecule has 0 aliphatic rings. The van der Waals surface area contributed by atoms with Gasteiger partial charge in [0, 0.05) is 18.8 Å². The Morgan fingerprint density at radius 1 is 1.58 bits per heavy atom. The third-order valence-electron chi connectivity index (χ3n) is 2.86. The van der Waals surface area contributed by atoms with E-state index in [9.17, 15) is 0 Å². The van der Waals surface area contributed by atoms with E-state index in [-0.39, 0.29) is 5.84 Å². The van der Waals surface area contributed by atoms with Crippen molar-refractivity contribution in [3.63, 3.8) is 0 Å². The highest BCUT2D eigenvalue weighted by Gasteiger charge is 2.05. The largest absolute Gasteiger partial charge is 0.409 e. The van der Waals surface area contributed by atoms with Crippen molar-refractivity contribution in [3.8, 4) is 0 Å². The van der Waals surface area contributed by atoms with E-state index in [1.54, 1.807) is 6.20 Å². The lowest BCUT2D eigenvalue weighted by Gasteiger charge is -2.16. The molecule has 6 nitrogen and oxygen atoms in total. The average molecular weight is 265 g/mol. The minimum absolute atomic E-state index is 0.0301. The molecule has 0 aromatic carbocycles. The molecule has 19 heavy (non-hydrogen) atoms. The summed E-state index contributed by atoms with van der Waals surface area (Å²) in [7, 11) is 4.14. The first-order valence-corrected chi connectivity index (χ1v) is 6.34. The Balaban J connectivity index is 2.49. The highest BCUT2D eigenvalue weighted by molar-refractivity contribution is 5.95. The van der Waals surface area contributed by atoms with Gasteiger partial charge in [-0.15, -0.1) is 0 Å². The van der Waals surface area contributed by atoms with Crippen molar-refractivity contribution in [2.24, 2.45) is 10.9 Å². The number of aromatic nitrogens is 1. The molecule has 1 aromatic heterocycles. The summed E-state index contributed by atoms with van der Waals surface area (Å²) in [5, 5.41) is 15.0. The third-order valence-corrected chi connectivity index (χ3v) is 2.86. The zero-order valence-corrected chi connectivity index (χ0v) is 11.8. The predicted octanol–water partition coefficient (Wildman–Crippen LogP) is 0.606. The van der Waals surface area contributed by atoms with Crippen LogP contribution in [0.15, 0.2) is 23.5 Å². The highest BCUT2D eigenvalue weighted by atomic mass is 16.4. The molecule has 1 atom stereocenters. The van der Waals surface area contributed by atoms with Gasteiger partial charge >= 0.3 is 0 Å². The maximum Gasteiger partial charge on any atom is 0.188 e. The molecule has 6 heteroatoms. The fraction of sp³-hybridized carbons (Fsp3) is 0.538. The predicted molar refractivity (Wildman–Crippen MR) is 76.2 cm³/mol. The summed E-state index contributed by atoms with van der Waals surface area (Å²) in [6.45, 7) is 3.96. The lowest BCUT2D eigenvalue weighted by molar-refractivity contribution is 0.318. The maximum absolute atomic E-state index is 8.62. The number of nitrogens with zero attached hydrogens (tertiary/aromatic N) is 3. The Bertz CT molecular complexity index is 419. The molecular formula is C13H23N5O. The Kier molecular flexibility index (Phi) is 6.24. The smallest absolute Gasteiger partial charge is 0.188 e. The van der Waals surface area contributed by atoms with Crippen LogP contribution in [0.5, 0.6) is 0 Å². The molecule has 1 unspecified atom stereocenters. The van der Waals surface area contributed by atoms with Crippen molar-refractivity contribution >= 4 is 5.84 Å². The molecule has 0 aliphatic heterocycles. The van der Waals surface area contributed by atoms with Crippen LogP contribution in [0.1, 0.15) is 24.6 Å². The summed E-state index contributed by atoms with van der Waals surface area (Å²) < 4.78 is 0. The standard InChI is InChI=1S/C13H23N5O/c1-10(5-7-18(2)3)16-9-11-4-6-15-12(8-11)13(14)17-19/h4,6,8,10,16,19H,5,7,9H2,1-3H3,(H2,14,17). The second-order valence-electron chi connectivity index (χ2n) is 4.91. The molecule has 1 aromatic rings. The zero-order valence-electron chi connectivity index (χ0n) is 11.8. The number of oxime groups is 1. The Morgan fingerprint density at radius 3 is 2.95 bits per heavy atom. The van der Waals surface area contributed by atoms with Gasteiger partial charge in [-0.05, 0) is 51.7 Å². The molecule has 0 bridgehead atoms. The second-order valence-corrected chi connectivity index (χ2v) is 4.91. The van der Waals surface area contributed by atoms with E-state index in [0.717, 1.165) is 25.1 Å². The van der Waals surface area contributed by atoms with Gasteiger partial charge in [-0.1, -0.05) is 5.16 Å². The summed E-state index contributed by atoms with van der Waals surface area (Å²) in [5.41, 5.74) is 7.06. The quantitative estimate of drug-likeness (QED) is 0.291. The minimum Gasteiger partial charge on any atom is -0.409 e. The number of amidine groups is 1. The summed E-state index contributed by atoms with van der Waals surface area (Å²) >= 11 is 0. The van der Waals surface area contributed by atoms with Crippen molar-refractivity contribution in [1.82, 2.24) is 15.2 Å². The van der Waals surface area contributed by atoms with Gasteiger partial charge in [0.25, 0.3) is 0 Å². The lowest BCUT2D eigenvalue weighted by Crippen LogP contribution is -2.29. The molecule has 1 rings (SSSR count). The van der Waals surface area contributed by atoms with Crippen LogP contribution in [0.2, 0.25) is 0 Å². The van der Waals surface area contributed by atoms with Crippen LogP contribution in [0.4, 0.5) is 0 Å². The number of hydrogen-bond acceptors (Lipinski definition) is 5. The molecule has 0 saturated carbocycles. The van der Waals surface area contributed by atoms with Crippen LogP contribution in [0.3, 0.4) is 0 Å². The monoisotopic (exact) mass is 265 g/mol. The van der Waals surface area contributed by atoms with Crippen LogP contribution in [0.25, 0.3) is 0 Å². The molecule has 4 N–H and O–H groups in total. The fourth-order valence-corrected chi connectivity index (χ4v) is 1.62. The van der Waals surface area contributed by atoms with Crippen LogP contribution >= 0.6 is 0 Å². The van der Waals surface area contributed by atoms with Crippen molar-refractivity contribution < 1.29 is 5.21 Å². The summed E-state index contributed by atoms with van der Waals surface area (Å²) in [4.78, 5) is 6.21. The average Bonchev–Trinajstić information content (AvgIpc) is 2.42. The molecule has 0 fully saturated rings. The van der Waals surface area contributed by atoms with Crippen LogP contribution in [-0.2, 0) is 6.54 Å². The van der Waals surface area contributed by atoms with Crippen molar-refractivity contribution in [3.05, 3.63) is 29.6 Å². The summed E-state index contributed by atoms with van der Waals surface area (Å²) in [5.74, 6) is 0.0301. The number of hydrogen-bond donors (Lipinski definition) is 3. The normalized spacial score (nSPS) is 13.8. The lowest BCUT2D eigenvalue weighted by atomic mass is 10.2. The SMILES string of the molecule is CC(CCN(C)C)NCc1ccnc(C(N)=NO)c1. The molecule has 0 saturated heterocycles. The van der Waals surface area contributed by atoms with Gasteiger partial charge in [0.1, 0.15) is 5.69 Å². The molecule has 0 radical (unpaired) electrons. The topological polar surface area (TPSA) is 86.8 Å². The molecular weight excluding hydrogens is 242 g/mol. The fourth-order valence-electron chi connectivity index (χ4n) is 1.62. The van der Waals surface area contributed by atoms with Crippen LogP contribution in [-0.4, -0.2) is 47.6 Å². The van der Waals surface area contributed by atoms with Gasteiger partial charge < -0.3 is 21.2 Å². The summed E-state index contributed by atoms with van der Waals surface area (Å²) in [6, 6.07) is 4.17. The summed E-state index contributed by atoms with van der Waals surface area (Å²) in [6.07, 6.45) is 2.75. The first-order chi connectivity index (χ1) is 9.02. The number of pyridine rings is 1. The molecule has 0 aliphatic carbocycles. The van der Waals surface area contributed by atoms with Crippen molar-refractivity contribution in [2.45, 2.75) is 25.9 Å². The maximum atomic E-state index is 8.62. The number of nitrogens with one attached hydrogen (secondary N) is 1. The van der Waals surface area contributed by atoms with E-state index >= 15 is 0 Å². The second kappa shape index (κ2) is 7.70.